The Kier molecular flexibility index (Phi) is 19.0. The Morgan fingerprint density at radius 3 is 1.04 bits per heavy atom. The van der Waals surface area contributed by atoms with Crippen molar-refractivity contribution in [1.82, 2.24) is 0 Å². The average Bonchev–Trinajstić information content (AvgIpc) is 2.59. The summed E-state index contributed by atoms with van der Waals surface area (Å²) in [5, 5.41) is 17.1. The standard InChI is InChI=1S/C22H40O4/c23-21(24)19-17-15-13-11-9-7-5-3-1-2-4-6-8-10-12-14-16-18-20-22(25)26/h1-2H,3-20H2,(H,23,24)(H,25,26)/b2-1+. The van der Waals surface area contributed by atoms with Crippen LogP contribution in [-0.2, 0) is 9.59 Å². The van der Waals surface area contributed by atoms with Gasteiger partial charge in [-0.05, 0) is 38.5 Å². The fraction of sp³-hybridized carbons (Fsp3) is 0.818. The second kappa shape index (κ2) is 20.0. The number of hydrogen-bond donors (Lipinski definition) is 2. The van der Waals surface area contributed by atoms with Crippen LogP contribution in [0.4, 0.5) is 0 Å². The third-order valence-corrected chi connectivity index (χ3v) is 4.69. The molecule has 0 rings (SSSR count). The number of carboxylic acid groups (broad SMARTS) is 2. The van der Waals surface area contributed by atoms with Crippen LogP contribution < -0.4 is 0 Å². The van der Waals surface area contributed by atoms with E-state index in [1.54, 1.807) is 0 Å². The lowest BCUT2D eigenvalue weighted by molar-refractivity contribution is -0.138. The molecule has 4 nitrogen and oxygen atoms in total. The van der Waals surface area contributed by atoms with E-state index in [0.29, 0.717) is 12.8 Å². The maximum atomic E-state index is 10.4. The van der Waals surface area contributed by atoms with E-state index in [1.165, 1.54) is 77.0 Å². The minimum Gasteiger partial charge on any atom is -0.481 e. The van der Waals surface area contributed by atoms with Gasteiger partial charge >= 0.3 is 11.9 Å². The van der Waals surface area contributed by atoms with Crippen molar-refractivity contribution in [3.63, 3.8) is 0 Å². The Labute approximate surface area is 160 Å². The van der Waals surface area contributed by atoms with E-state index in [4.69, 9.17) is 10.2 Å². The lowest BCUT2D eigenvalue weighted by Crippen LogP contribution is -1.93. The number of hydrogen-bond acceptors (Lipinski definition) is 2. The van der Waals surface area contributed by atoms with Crippen LogP contribution in [0, 0.1) is 0 Å². The Hall–Kier alpha value is -1.32. The highest BCUT2D eigenvalue weighted by Gasteiger charge is 1.97. The molecular weight excluding hydrogens is 328 g/mol. The summed E-state index contributed by atoms with van der Waals surface area (Å²) in [6.45, 7) is 0. The SMILES string of the molecule is O=C(O)CCCCCCCCC/C=C/CCCCCCCCCC(=O)O. The van der Waals surface area contributed by atoms with Gasteiger partial charge in [-0.3, -0.25) is 9.59 Å². The van der Waals surface area contributed by atoms with E-state index in [0.717, 1.165) is 25.7 Å². The molecule has 2 N–H and O–H groups in total. The molecule has 0 aromatic heterocycles. The van der Waals surface area contributed by atoms with Crippen molar-refractivity contribution in [2.75, 3.05) is 0 Å². The van der Waals surface area contributed by atoms with Crippen LogP contribution in [0.15, 0.2) is 12.2 Å². The largest absolute Gasteiger partial charge is 0.481 e. The predicted molar refractivity (Wildman–Crippen MR) is 108 cm³/mol. The maximum absolute atomic E-state index is 10.4. The van der Waals surface area contributed by atoms with Crippen LogP contribution >= 0.6 is 0 Å². The van der Waals surface area contributed by atoms with Crippen LogP contribution in [0.3, 0.4) is 0 Å². The van der Waals surface area contributed by atoms with Gasteiger partial charge in [0.1, 0.15) is 0 Å². The van der Waals surface area contributed by atoms with Crippen molar-refractivity contribution in [3.05, 3.63) is 12.2 Å². The highest BCUT2D eigenvalue weighted by atomic mass is 16.4. The number of aliphatic carboxylic acids is 2. The van der Waals surface area contributed by atoms with E-state index in [1.807, 2.05) is 0 Å². The van der Waals surface area contributed by atoms with Crippen LogP contribution in [-0.4, -0.2) is 22.2 Å². The summed E-state index contributed by atoms with van der Waals surface area (Å²) in [7, 11) is 0. The van der Waals surface area contributed by atoms with Crippen LogP contribution in [0.5, 0.6) is 0 Å². The fourth-order valence-electron chi connectivity index (χ4n) is 3.08. The molecule has 0 heterocycles. The number of allylic oxidation sites excluding steroid dienone is 2. The normalized spacial score (nSPS) is 11.2. The van der Waals surface area contributed by atoms with Crippen molar-refractivity contribution < 1.29 is 19.8 Å². The molecule has 0 aliphatic carbocycles. The molecule has 0 fully saturated rings. The Bertz CT molecular complexity index is 329. The van der Waals surface area contributed by atoms with Crippen LogP contribution in [0.2, 0.25) is 0 Å². The molecular formula is C22H40O4. The van der Waals surface area contributed by atoms with Crippen molar-refractivity contribution >= 4 is 11.9 Å². The highest BCUT2D eigenvalue weighted by molar-refractivity contribution is 5.66. The van der Waals surface area contributed by atoms with Gasteiger partial charge in [-0.15, -0.1) is 0 Å². The van der Waals surface area contributed by atoms with Gasteiger partial charge in [-0.25, -0.2) is 0 Å². The lowest BCUT2D eigenvalue weighted by Gasteiger charge is -2.01. The van der Waals surface area contributed by atoms with Crippen molar-refractivity contribution in [2.45, 2.75) is 116 Å². The molecule has 0 spiro atoms. The molecule has 0 radical (unpaired) electrons. The lowest BCUT2D eigenvalue weighted by atomic mass is 10.1. The quantitative estimate of drug-likeness (QED) is 0.184. The minimum atomic E-state index is -0.676. The second-order valence-electron chi connectivity index (χ2n) is 7.29. The highest BCUT2D eigenvalue weighted by Crippen LogP contribution is 2.12. The third-order valence-electron chi connectivity index (χ3n) is 4.69. The predicted octanol–water partition coefficient (Wildman–Crippen LogP) is 6.73. The zero-order valence-corrected chi connectivity index (χ0v) is 16.6. The molecule has 0 aromatic rings. The Balaban J connectivity index is 3.11. The summed E-state index contributed by atoms with van der Waals surface area (Å²) in [4.78, 5) is 20.8. The topological polar surface area (TPSA) is 74.6 Å². The van der Waals surface area contributed by atoms with Crippen molar-refractivity contribution in [1.29, 1.82) is 0 Å². The molecule has 152 valence electrons. The second-order valence-corrected chi connectivity index (χ2v) is 7.29. The Morgan fingerprint density at radius 2 is 0.731 bits per heavy atom. The van der Waals surface area contributed by atoms with Gasteiger partial charge in [0, 0.05) is 12.8 Å². The smallest absolute Gasteiger partial charge is 0.303 e. The first-order valence-corrected chi connectivity index (χ1v) is 10.7. The molecule has 0 bridgehead atoms. The monoisotopic (exact) mass is 368 g/mol. The van der Waals surface area contributed by atoms with Crippen molar-refractivity contribution in [3.8, 4) is 0 Å². The summed E-state index contributed by atoms with van der Waals surface area (Å²) in [5.41, 5.74) is 0. The summed E-state index contributed by atoms with van der Waals surface area (Å²) in [5.74, 6) is -1.35. The van der Waals surface area contributed by atoms with E-state index in [9.17, 15) is 9.59 Å². The molecule has 0 aliphatic heterocycles. The first-order chi connectivity index (χ1) is 12.6. The van der Waals surface area contributed by atoms with E-state index in [2.05, 4.69) is 12.2 Å². The summed E-state index contributed by atoms with van der Waals surface area (Å²) >= 11 is 0. The van der Waals surface area contributed by atoms with Gasteiger partial charge in [0.05, 0.1) is 0 Å². The summed E-state index contributed by atoms with van der Waals surface area (Å²) in [6.07, 6.45) is 23.8. The molecule has 0 aliphatic rings. The zero-order chi connectivity index (χ0) is 19.3. The van der Waals surface area contributed by atoms with Gasteiger partial charge < -0.3 is 10.2 Å². The van der Waals surface area contributed by atoms with Gasteiger partial charge in [0.2, 0.25) is 0 Å². The molecule has 26 heavy (non-hydrogen) atoms. The first-order valence-electron chi connectivity index (χ1n) is 10.7. The van der Waals surface area contributed by atoms with E-state index >= 15 is 0 Å². The maximum Gasteiger partial charge on any atom is 0.303 e. The van der Waals surface area contributed by atoms with E-state index < -0.39 is 11.9 Å². The Morgan fingerprint density at radius 1 is 0.462 bits per heavy atom. The number of carboxylic acids is 2. The van der Waals surface area contributed by atoms with Gasteiger partial charge in [0.15, 0.2) is 0 Å². The minimum absolute atomic E-state index is 0.317. The van der Waals surface area contributed by atoms with Gasteiger partial charge in [-0.1, -0.05) is 76.4 Å². The van der Waals surface area contributed by atoms with Crippen LogP contribution in [0.1, 0.15) is 116 Å². The summed E-state index contributed by atoms with van der Waals surface area (Å²) in [6, 6.07) is 0. The van der Waals surface area contributed by atoms with Gasteiger partial charge in [-0.2, -0.15) is 0 Å². The fourth-order valence-corrected chi connectivity index (χ4v) is 3.08. The zero-order valence-electron chi connectivity index (χ0n) is 16.6. The van der Waals surface area contributed by atoms with Crippen LogP contribution in [0.25, 0.3) is 0 Å². The first kappa shape index (κ1) is 24.7. The molecule has 0 saturated heterocycles. The van der Waals surface area contributed by atoms with Crippen molar-refractivity contribution in [2.24, 2.45) is 0 Å². The molecule has 0 aromatic carbocycles. The van der Waals surface area contributed by atoms with Gasteiger partial charge in [0.25, 0.3) is 0 Å². The molecule has 0 unspecified atom stereocenters. The third kappa shape index (κ3) is 22.7. The average molecular weight is 369 g/mol. The molecule has 4 heteroatoms. The molecule has 0 amide bonds. The number of carbonyl (C=O) groups is 2. The molecule has 0 atom stereocenters. The number of rotatable bonds is 20. The van der Waals surface area contributed by atoms with E-state index in [-0.39, 0.29) is 0 Å². The summed E-state index contributed by atoms with van der Waals surface area (Å²) < 4.78 is 0. The molecule has 0 saturated carbocycles. The number of unbranched alkanes of at least 4 members (excludes halogenated alkanes) is 14.